The molecule has 1 unspecified atom stereocenters. The van der Waals surface area contributed by atoms with Gasteiger partial charge < -0.3 is 0 Å². The SMILES string of the molecule is CC#CCC1(Cl)C=CC=CC1. The maximum Gasteiger partial charge on any atom is 0.0772 e. The van der Waals surface area contributed by atoms with Crippen molar-refractivity contribution >= 4 is 11.6 Å². The van der Waals surface area contributed by atoms with E-state index in [1.165, 1.54) is 0 Å². The van der Waals surface area contributed by atoms with Crippen molar-refractivity contribution in [1.29, 1.82) is 0 Å². The van der Waals surface area contributed by atoms with E-state index in [-0.39, 0.29) is 4.87 Å². The minimum absolute atomic E-state index is 0.238. The summed E-state index contributed by atoms with van der Waals surface area (Å²) in [6.07, 6.45) is 9.71. The summed E-state index contributed by atoms with van der Waals surface area (Å²) in [7, 11) is 0. The molecule has 0 spiro atoms. The third-order valence-corrected chi connectivity index (χ3v) is 2.07. The topological polar surface area (TPSA) is 0 Å². The maximum absolute atomic E-state index is 6.21. The first-order valence-electron chi connectivity index (χ1n) is 3.70. The summed E-state index contributed by atoms with van der Waals surface area (Å²) >= 11 is 6.21. The number of alkyl halides is 1. The summed E-state index contributed by atoms with van der Waals surface area (Å²) in [6.45, 7) is 1.84. The van der Waals surface area contributed by atoms with Crippen LogP contribution in [-0.4, -0.2) is 4.87 Å². The maximum atomic E-state index is 6.21. The number of hydrogen-bond acceptors (Lipinski definition) is 0. The Morgan fingerprint density at radius 3 is 2.91 bits per heavy atom. The van der Waals surface area contributed by atoms with Gasteiger partial charge in [-0.15, -0.1) is 23.4 Å². The van der Waals surface area contributed by atoms with Crippen LogP contribution in [0.4, 0.5) is 0 Å². The molecule has 0 bridgehead atoms. The molecule has 1 rings (SSSR count). The Morgan fingerprint density at radius 1 is 1.55 bits per heavy atom. The van der Waals surface area contributed by atoms with E-state index < -0.39 is 0 Å². The van der Waals surface area contributed by atoms with Crippen molar-refractivity contribution in [2.75, 3.05) is 0 Å². The Balaban J connectivity index is 2.58. The zero-order chi connectivity index (χ0) is 8.16. The Bertz CT molecular complexity index is 239. The fourth-order valence-electron chi connectivity index (χ4n) is 1.00. The molecule has 0 heterocycles. The lowest BCUT2D eigenvalue weighted by molar-refractivity contribution is 0.725. The van der Waals surface area contributed by atoms with Crippen molar-refractivity contribution in [3.8, 4) is 11.8 Å². The van der Waals surface area contributed by atoms with Crippen molar-refractivity contribution in [3.05, 3.63) is 24.3 Å². The van der Waals surface area contributed by atoms with Crippen LogP contribution in [-0.2, 0) is 0 Å². The lowest BCUT2D eigenvalue weighted by atomic mass is 9.97. The van der Waals surface area contributed by atoms with Crippen LogP contribution in [0.15, 0.2) is 24.3 Å². The van der Waals surface area contributed by atoms with Crippen molar-refractivity contribution in [1.82, 2.24) is 0 Å². The molecule has 0 fully saturated rings. The quantitative estimate of drug-likeness (QED) is 0.415. The summed E-state index contributed by atoms with van der Waals surface area (Å²) in [5.41, 5.74) is 0. The average molecular weight is 167 g/mol. The first-order valence-corrected chi connectivity index (χ1v) is 4.07. The molecule has 58 valence electrons. The molecule has 0 saturated carbocycles. The molecule has 11 heavy (non-hydrogen) atoms. The monoisotopic (exact) mass is 166 g/mol. The smallest absolute Gasteiger partial charge is 0.0772 e. The summed E-state index contributed by atoms with van der Waals surface area (Å²) in [4.78, 5) is -0.238. The third-order valence-electron chi connectivity index (χ3n) is 1.66. The standard InChI is InChI=1S/C10H11Cl/c1-2-3-7-10(11)8-5-4-6-9-10/h4-6,8H,7,9H2,1H3. The predicted octanol–water partition coefficient (Wildman–Crippen LogP) is 2.89. The lowest BCUT2D eigenvalue weighted by Gasteiger charge is -2.20. The third kappa shape index (κ3) is 2.44. The molecule has 0 aromatic rings. The summed E-state index contributed by atoms with van der Waals surface area (Å²) in [5.74, 6) is 5.84. The lowest BCUT2D eigenvalue weighted by Crippen LogP contribution is -2.17. The van der Waals surface area contributed by atoms with Crippen molar-refractivity contribution < 1.29 is 0 Å². The van der Waals surface area contributed by atoms with Gasteiger partial charge in [0, 0.05) is 6.42 Å². The fraction of sp³-hybridized carbons (Fsp3) is 0.400. The van der Waals surface area contributed by atoms with Gasteiger partial charge in [0.25, 0.3) is 0 Å². The highest BCUT2D eigenvalue weighted by atomic mass is 35.5. The molecule has 0 saturated heterocycles. The molecule has 0 amide bonds. The molecular weight excluding hydrogens is 156 g/mol. The number of rotatable bonds is 1. The van der Waals surface area contributed by atoms with E-state index in [1.807, 2.05) is 25.2 Å². The van der Waals surface area contributed by atoms with Crippen LogP contribution in [0.2, 0.25) is 0 Å². The van der Waals surface area contributed by atoms with Gasteiger partial charge in [0.1, 0.15) is 0 Å². The molecule has 0 N–H and O–H groups in total. The van der Waals surface area contributed by atoms with E-state index in [1.54, 1.807) is 0 Å². The number of allylic oxidation sites excluding steroid dienone is 4. The average Bonchev–Trinajstić information content (AvgIpc) is 2.03. The molecule has 0 radical (unpaired) electrons. The first kappa shape index (κ1) is 8.43. The fourth-order valence-corrected chi connectivity index (χ4v) is 1.23. The molecule has 0 aromatic heterocycles. The first-order chi connectivity index (χ1) is 5.27. The van der Waals surface area contributed by atoms with E-state index in [0.717, 1.165) is 12.8 Å². The summed E-state index contributed by atoms with van der Waals surface area (Å²) in [6, 6.07) is 0. The van der Waals surface area contributed by atoms with Gasteiger partial charge in [-0.3, -0.25) is 0 Å². The molecule has 1 heteroatoms. The molecular formula is C10H11Cl. The summed E-state index contributed by atoms with van der Waals surface area (Å²) < 4.78 is 0. The van der Waals surface area contributed by atoms with Crippen LogP contribution >= 0.6 is 11.6 Å². The Morgan fingerprint density at radius 2 is 2.36 bits per heavy atom. The van der Waals surface area contributed by atoms with E-state index in [4.69, 9.17) is 11.6 Å². The van der Waals surface area contributed by atoms with Crippen LogP contribution in [0.3, 0.4) is 0 Å². The molecule has 0 nitrogen and oxygen atoms in total. The number of halogens is 1. The van der Waals surface area contributed by atoms with E-state index in [2.05, 4.69) is 17.9 Å². The minimum Gasteiger partial charge on any atom is -0.113 e. The molecule has 0 aromatic carbocycles. The zero-order valence-electron chi connectivity index (χ0n) is 6.60. The normalized spacial score (nSPS) is 27.8. The molecule has 1 aliphatic rings. The predicted molar refractivity (Wildman–Crippen MR) is 49.5 cm³/mol. The second-order valence-electron chi connectivity index (χ2n) is 2.63. The highest BCUT2D eigenvalue weighted by Gasteiger charge is 2.21. The Kier molecular flexibility index (Phi) is 2.79. The van der Waals surface area contributed by atoms with E-state index in [0.29, 0.717) is 0 Å². The highest BCUT2D eigenvalue weighted by Crippen LogP contribution is 2.28. The van der Waals surface area contributed by atoms with Gasteiger partial charge in [0.2, 0.25) is 0 Å². The zero-order valence-corrected chi connectivity index (χ0v) is 7.36. The molecule has 1 atom stereocenters. The highest BCUT2D eigenvalue weighted by molar-refractivity contribution is 6.25. The second-order valence-corrected chi connectivity index (χ2v) is 3.38. The van der Waals surface area contributed by atoms with Gasteiger partial charge in [-0.05, 0) is 13.3 Å². The van der Waals surface area contributed by atoms with Gasteiger partial charge in [0.15, 0.2) is 0 Å². The largest absolute Gasteiger partial charge is 0.113 e. The second kappa shape index (κ2) is 3.64. The van der Waals surface area contributed by atoms with E-state index in [9.17, 15) is 0 Å². The van der Waals surface area contributed by atoms with Crippen LogP contribution in [0.5, 0.6) is 0 Å². The minimum atomic E-state index is -0.238. The van der Waals surface area contributed by atoms with Gasteiger partial charge in [0.05, 0.1) is 4.87 Å². The van der Waals surface area contributed by atoms with Crippen LogP contribution in [0, 0.1) is 11.8 Å². The molecule has 0 aliphatic heterocycles. The van der Waals surface area contributed by atoms with Gasteiger partial charge in [-0.2, -0.15) is 0 Å². The van der Waals surface area contributed by atoms with Crippen LogP contribution in [0.1, 0.15) is 19.8 Å². The van der Waals surface area contributed by atoms with Crippen molar-refractivity contribution in [3.63, 3.8) is 0 Å². The summed E-state index contributed by atoms with van der Waals surface area (Å²) in [5, 5.41) is 0. The van der Waals surface area contributed by atoms with Gasteiger partial charge in [-0.25, -0.2) is 0 Å². The van der Waals surface area contributed by atoms with Crippen molar-refractivity contribution in [2.24, 2.45) is 0 Å². The van der Waals surface area contributed by atoms with E-state index >= 15 is 0 Å². The van der Waals surface area contributed by atoms with Crippen LogP contribution in [0.25, 0.3) is 0 Å². The molecule has 1 aliphatic carbocycles. The Hall–Kier alpha value is -0.670. The number of hydrogen-bond donors (Lipinski definition) is 0. The van der Waals surface area contributed by atoms with Gasteiger partial charge in [-0.1, -0.05) is 24.3 Å². The van der Waals surface area contributed by atoms with Crippen LogP contribution < -0.4 is 0 Å². The Labute approximate surface area is 72.9 Å². The van der Waals surface area contributed by atoms with Gasteiger partial charge >= 0.3 is 0 Å². The van der Waals surface area contributed by atoms with Crippen molar-refractivity contribution in [2.45, 2.75) is 24.6 Å².